The Labute approximate surface area is 201 Å². The van der Waals surface area contributed by atoms with Crippen LogP contribution < -0.4 is 9.47 Å². The van der Waals surface area contributed by atoms with Gasteiger partial charge in [0.1, 0.15) is 17.1 Å². The highest BCUT2D eigenvalue weighted by Gasteiger charge is 2.25. The van der Waals surface area contributed by atoms with Crippen LogP contribution in [0.1, 0.15) is 40.2 Å². The van der Waals surface area contributed by atoms with Crippen molar-refractivity contribution < 1.29 is 23.4 Å². The van der Waals surface area contributed by atoms with Crippen molar-refractivity contribution in [3.63, 3.8) is 0 Å². The lowest BCUT2D eigenvalue weighted by molar-refractivity contribution is -0.137. The van der Waals surface area contributed by atoms with E-state index in [9.17, 15) is 4.79 Å². The van der Waals surface area contributed by atoms with Gasteiger partial charge in [-0.2, -0.15) is 0 Å². The van der Waals surface area contributed by atoms with Crippen molar-refractivity contribution in [2.45, 2.75) is 46.8 Å². The molecular weight excluding hydrogens is 430 g/mol. The molecule has 2 heterocycles. The number of benzene rings is 2. The molecule has 6 heteroatoms. The highest BCUT2D eigenvalue weighted by molar-refractivity contribution is 6.00. The van der Waals surface area contributed by atoms with Crippen molar-refractivity contribution in [1.82, 2.24) is 4.90 Å². The normalized spacial score (nSPS) is 18.9. The summed E-state index contributed by atoms with van der Waals surface area (Å²) in [6.07, 6.45) is 3.52. The number of nitrogens with zero attached hydrogens (tertiary/aromatic N) is 1. The second-order valence-corrected chi connectivity index (χ2v) is 8.71. The molecule has 0 saturated carbocycles. The quantitative estimate of drug-likeness (QED) is 0.406. The molecule has 1 fully saturated rings. The van der Waals surface area contributed by atoms with Gasteiger partial charge in [-0.3, -0.25) is 4.79 Å². The van der Waals surface area contributed by atoms with Gasteiger partial charge in [0.15, 0.2) is 0 Å². The molecule has 1 amide bonds. The van der Waals surface area contributed by atoms with Gasteiger partial charge >= 0.3 is 0 Å². The summed E-state index contributed by atoms with van der Waals surface area (Å²) >= 11 is 0. The lowest BCUT2D eigenvalue weighted by Crippen LogP contribution is -2.47. The Hall–Kier alpha value is -3.25. The summed E-state index contributed by atoms with van der Waals surface area (Å²) in [5.41, 5.74) is 4.49. The summed E-state index contributed by atoms with van der Waals surface area (Å²) in [7, 11) is 0. The second kappa shape index (κ2) is 10.3. The smallest absolute Gasteiger partial charge is 0.247 e. The molecule has 6 nitrogen and oxygen atoms in total. The van der Waals surface area contributed by atoms with Gasteiger partial charge in [0.05, 0.1) is 31.7 Å². The summed E-state index contributed by atoms with van der Waals surface area (Å²) < 4.78 is 23.1. The molecule has 1 aliphatic heterocycles. The maximum absolute atomic E-state index is 13.1. The van der Waals surface area contributed by atoms with Crippen LogP contribution in [0.4, 0.5) is 0 Å². The van der Waals surface area contributed by atoms with Crippen LogP contribution in [-0.4, -0.2) is 49.3 Å². The second-order valence-electron chi connectivity index (χ2n) is 8.71. The number of furan rings is 1. The SMILES string of the molecule is CCOc1ccc(-c2coc3cc(OCC)c(/C(C)=C/C(=O)N4CC(C)OC(C)C4)cc23)cc1. The van der Waals surface area contributed by atoms with E-state index in [1.54, 1.807) is 12.3 Å². The van der Waals surface area contributed by atoms with E-state index in [1.165, 1.54) is 0 Å². The monoisotopic (exact) mass is 463 g/mol. The standard InChI is InChI=1S/C28H33NO5/c1-6-31-22-10-8-21(9-11-22)25-17-33-27-14-26(32-7-2)23(13-24(25)27)18(3)12-28(30)29-15-19(4)34-20(5)16-29/h8-14,17,19-20H,6-7,15-16H2,1-5H3/b18-12+. The molecule has 0 aliphatic carbocycles. The van der Waals surface area contributed by atoms with Crippen molar-refractivity contribution in [2.75, 3.05) is 26.3 Å². The van der Waals surface area contributed by atoms with Crippen LogP contribution in [0, 0.1) is 0 Å². The van der Waals surface area contributed by atoms with Crippen LogP contribution in [-0.2, 0) is 9.53 Å². The van der Waals surface area contributed by atoms with Gasteiger partial charge < -0.3 is 23.5 Å². The molecule has 180 valence electrons. The van der Waals surface area contributed by atoms with Crippen LogP contribution in [0.3, 0.4) is 0 Å². The van der Waals surface area contributed by atoms with Gasteiger partial charge in [0, 0.05) is 41.7 Å². The lowest BCUT2D eigenvalue weighted by atomic mass is 9.99. The van der Waals surface area contributed by atoms with E-state index in [2.05, 4.69) is 6.07 Å². The molecule has 4 rings (SSSR count). The molecular formula is C28H33NO5. The number of carbonyl (C=O) groups is 1. The molecule has 3 aromatic rings. The number of allylic oxidation sites excluding steroid dienone is 1. The molecule has 34 heavy (non-hydrogen) atoms. The van der Waals surface area contributed by atoms with E-state index in [4.69, 9.17) is 18.6 Å². The summed E-state index contributed by atoms with van der Waals surface area (Å²) in [4.78, 5) is 14.9. The van der Waals surface area contributed by atoms with Gasteiger partial charge in [0.2, 0.25) is 5.91 Å². The number of ether oxygens (including phenoxy) is 3. The predicted molar refractivity (Wildman–Crippen MR) is 134 cm³/mol. The zero-order chi connectivity index (χ0) is 24.2. The van der Waals surface area contributed by atoms with E-state index >= 15 is 0 Å². The van der Waals surface area contributed by atoms with E-state index < -0.39 is 0 Å². The largest absolute Gasteiger partial charge is 0.494 e. The first-order valence-electron chi connectivity index (χ1n) is 11.9. The van der Waals surface area contributed by atoms with Crippen molar-refractivity contribution in [3.05, 3.63) is 54.3 Å². The van der Waals surface area contributed by atoms with Gasteiger partial charge in [-0.25, -0.2) is 0 Å². The van der Waals surface area contributed by atoms with Gasteiger partial charge in [-0.05, 0) is 64.0 Å². The Morgan fingerprint density at radius 1 is 1.06 bits per heavy atom. The minimum Gasteiger partial charge on any atom is -0.494 e. The fourth-order valence-corrected chi connectivity index (χ4v) is 4.47. The maximum atomic E-state index is 13.1. The zero-order valence-electron chi connectivity index (χ0n) is 20.6. The molecule has 0 N–H and O–H groups in total. The molecule has 1 saturated heterocycles. The number of hydrogen-bond donors (Lipinski definition) is 0. The molecule has 1 aliphatic rings. The predicted octanol–water partition coefficient (Wildman–Crippen LogP) is 5.94. The van der Waals surface area contributed by atoms with Gasteiger partial charge in [-0.15, -0.1) is 0 Å². The van der Waals surface area contributed by atoms with Crippen molar-refractivity contribution in [1.29, 1.82) is 0 Å². The molecule has 2 aromatic carbocycles. The molecule has 0 bridgehead atoms. The van der Waals surface area contributed by atoms with E-state index in [0.29, 0.717) is 32.1 Å². The average molecular weight is 464 g/mol. The van der Waals surface area contributed by atoms with Crippen molar-refractivity contribution >= 4 is 22.4 Å². The van der Waals surface area contributed by atoms with Crippen molar-refractivity contribution in [2.24, 2.45) is 0 Å². The van der Waals surface area contributed by atoms with Gasteiger partial charge in [0.25, 0.3) is 0 Å². The number of morpholine rings is 1. The lowest BCUT2D eigenvalue weighted by Gasteiger charge is -2.34. The Morgan fingerprint density at radius 2 is 1.74 bits per heavy atom. The third kappa shape index (κ3) is 5.12. The highest BCUT2D eigenvalue weighted by Crippen LogP contribution is 2.38. The van der Waals surface area contributed by atoms with E-state index in [-0.39, 0.29) is 18.1 Å². The molecule has 1 aromatic heterocycles. The Kier molecular flexibility index (Phi) is 7.27. The summed E-state index contributed by atoms with van der Waals surface area (Å²) in [6, 6.07) is 11.9. The third-order valence-corrected chi connectivity index (χ3v) is 5.95. The van der Waals surface area contributed by atoms with Crippen LogP contribution >= 0.6 is 0 Å². The number of amides is 1. The summed E-state index contributed by atoms with van der Waals surface area (Å²) in [5, 5.41) is 0.969. The number of fused-ring (bicyclic) bond motifs is 1. The first-order valence-corrected chi connectivity index (χ1v) is 11.9. The zero-order valence-corrected chi connectivity index (χ0v) is 20.6. The minimum absolute atomic E-state index is 0.0130. The van der Waals surface area contributed by atoms with Gasteiger partial charge in [-0.1, -0.05) is 12.1 Å². The first kappa shape index (κ1) is 23.9. The fourth-order valence-electron chi connectivity index (χ4n) is 4.47. The molecule has 2 unspecified atom stereocenters. The maximum Gasteiger partial charge on any atom is 0.247 e. The summed E-state index contributed by atoms with van der Waals surface area (Å²) in [6.45, 7) is 12.2. The van der Waals surface area contributed by atoms with Crippen LogP contribution in [0.15, 0.2) is 53.2 Å². The van der Waals surface area contributed by atoms with Crippen LogP contribution in [0.5, 0.6) is 11.5 Å². The number of hydrogen-bond acceptors (Lipinski definition) is 5. The Balaban J connectivity index is 1.70. The van der Waals surface area contributed by atoms with E-state index in [0.717, 1.165) is 39.0 Å². The molecule has 2 atom stereocenters. The van der Waals surface area contributed by atoms with Crippen LogP contribution in [0.25, 0.3) is 27.7 Å². The summed E-state index contributed by atoms with van der Waals surface area (Å²) in [5.74, 6) is 1.52. The molecule has 0 radical (unpaired) electrons. The van der Waals surface area contributed by atoms with Crippen LogP contribution in [0.2, 0.25) is 0 Å². The molecule has 0 spiro atoms. The highest BCUT2D eigenvalue weighted by atomic mass is 16.5. The Bertz CT molecular complexity index is 1170. The minimum atomic E-state index is -0.0130. The topological polar surface area (TPSA) is 61.1 Å². The third-order valence-electron chi connectivity index (χ3n) is 5.95. The average Bonchev–Trinajstić information content (AvgIpc) is 3.21. The number of carbonyl (C=O) groups excluding carboxylic acids is 1. The van der Waals surface area contributed by atoms with Crippen molar-refractivity contribution in [3.8, 4) is 22.6 Å². The number of rotatable bonds is 7. The Morgan fingerprint density at radius 3 is 2.38 bits per heavy atom. The fraction of sp³-hybridized carbons (Fsp3) is 0.393. The van der Waals surface area contributed by atoms with E-state index in [1.807, 2.05) is 69.9 Å². The first-order chi connectivity index (χ1) is 16.4.